The van der Waals surface area contributed by atoms with Gasteiger partial charge in [-0.25, -0.2) is 9.78 Å². The predicted molar refractivity (Wildman–Crippen MR) is 150 cm³/mol. The second-order valence-corrected chi connectivity index (χ2v) is 11.3. The molecule has 0 aliphatic carbocycles. The van der Waals surface area contributed by atoms with E-state index in [2.05, 4.69) is 5.32 Å². The molecule has 4 aromatic rings. The van der Waals surface area contributed by atoms with E-state index in [-0.39, 0.29) is 36.7 Å². The number of carbonyl (C=O) groups is 4. The van der Waals surface area contributed by atoms with Crippen molar-refractivity contribution in [1.82, 2.24) is 9.88 Å². The average molecular weight is 561 g/mol. The van der Waals surface area contributed by atoms with Crippen LogP contribution in [0.4, 0.5) is 15.5 Å². The van der Waals surface area contributed by atoms with Crippen molar-refractivity contribution in [2.24, 2.45) is 0 Å². The first-order valence-corrected chi connectivity index (χ1v) is 14.3. The van der Waals surface area contributed by atoms with Crippen molar-refractivity contribution >= 4 is 67.4 Å². The van der Waals surface area contributed by atoms with Crippen LogP contribution in [0, 0.1) is 0 Å². The van der Waals surface area contributed by atoms with Gasteiger partial charge in [-0.15, -0.1) is 22.7 Å². The Morgan fingerprint density at radius 3 is 2.46 bits per heavy atom. The summed E-state index contributed by atoms with van der Waals surface area (Å²) in [6.07, 6.45) is 0.676. The fraction of sp³-hybridized carbons (Fsp3) is 0.250. The van der Waals surface area contributed by atoms with Crippen LogP contribution in [-0.4, -0.2) is 46.9 Å². The van der Waals surface area contributed by atoms with Crippen molar-refractivity contribution in [3.05, 3.63) is 64.5 Å². The zero-order valence-electron chi connectivity index (χ0n) is 21.1. The second-order valence-electron chi connectivity index (χ2n) is 9.19. The van der Waals surface area contributed by atoms with E-state index in [9.17, 15) is 19.2 Å². The molecule has 9 nitrogen and oxygen atoms in total. The molecule has 198 valence electrons. The van der Waals surface area contributed by atoms with Gasteiger partial charge in [-0.1, -0.05) is 12.1 Å². The van der Waals surface area contributed by atoms with Crippen LogP contribution in [0.1, 0.15) is 40.6 Å². The minimum absolute atomic E-state index is 0.201. The average Bonchev–Trinajstić information content (AvgIpc) is 3.62. The van der Waals surface area contributed by atoms with E-state index in [0.717, 1.165) is 36.1 Å². The SMILES string of the molecule is CCOC(=O)N1CCc2c(sc(NC(=O)c3ccc(N4C(=O)CCC4=O)cc3)c2-c2nc3ccccc3s2)C1. The van der Waals surface area contributed by atoms with E-state index in [0.29, 0.717) is 42.4 Å². The van der Waals surface area contributed by atoms with Gasteiger partial charge in [0.1, 0.15) is 10.0 Å². The number of carbonyl (C=O) groups excluding carboxylic acids is 4. The number of rotatable bonds is 5. The van der Waals surface area contributed by atoms with Gasteiger partial charge in [0, 0.05) is 35.4 Å². The van der Waals surface area contributed by atoms with E-state index in [4.69, 9.17) is 9.72 Å². The van der Waals surface area contributed by atoms with Crippen molar-refractivity contribution < 1.29 is 23.9 Å². The monoisotopic (exact) mass is 560 g/mol. The van der Waals surface area contributed by atoms with Crippen molar-refractivity contribution in [3.63, 3.8) is 0 Å². The third kappa shape index (κ3) is 4.68. The number of nitrogens with one attached hydrogen (secondary N) is 1. The summed E-state index contributed by atoms with van der Waals surface area (Å²) >= 11 is 3.01. The van der Waals surface area contributed by atoms with E-state index in [1.807, 2.05) is 24.3 Å². The van der Waals surface area contributed by atoms with E-state index in [1.54, 1.807) is 47.4 Å². The number of aromatic nitrogens is 1. The molecule has 4 amide bonds. The topological polar surface area (TPSA) is 109 Å². The quantitative estimate of drug-likeness (QED) is 0.326. The molecule has 4 heterocycles. The highest BCUT2D eigenvalue weighted by molar-refractivity contribution is 7.23. The summed E-state index contributed by atoms with van der Waals surface area (Å²) < 4.78 is 6.26. The molecule has 2 aliphatic rings. The lowest BCUT2D eigenvalue weighted by Crippen LogP contribution is -2.35. The number of anilines is 2. The van der Waals surface area contributed by atoms with Gasteiger partial charge in [0.15, 0.2) is 0 Å². The third-order valence-corrected chi connectivity index (χ3v) is 8.94. The lowest BCUT2D eigenvalue weighted by molar-refractivity contribution is -0.121. The summed E-state index contributed by atoms with van der Waals surface area (Å²) in [5.74, 6) is -0.791. The molecule has 0 unspecified atom stereocenters. The standard InChI is InChI=1S/C28H24N4O5S2/c1-2-37-28(36)31-14-13-18-21(15-31)39-27(24(18)26-29-19-5-3-4-6-20(19)38-26)30-25(35)16-7-9-17(10-8-16)32-22(33)11-12-23(32)34/h3-10H,2,11-15H2,1H3,(H,30,35). The van der Waals surface area contributed by atoms with Gasteiger partial charge in [0.2, 0.25) is 11.8 Å². The zero-order chi connectivity index (χ0) is 27.1. The molecule has 11 heteroatoms. The first kappa shape index (κ1) is 25.2. The first-order valence-electron chi connectivity index (χ1n) is 12.6. The summed E-state index contributed by atoms with van der Waals surface area (Å²) in [6, 6.07) is 14.3. The van der Waals surface area contributed by atoms with Crippen LogP contribution in [0.2, 0.25) is 0 Å². The molecule has 39 heavy (non-hydrogen) atoms. The summed E-state index contributed by atoms with van der Waals surface area (Å²) in [5.41, 5.74) is 3.71. The van der Waals surface area contributed by atoms with Crippen LogP contribution < -0.4 is 10.2 Å². The van der Waals surface area contributed by atoms with Crippen LogP contribution in [0.5, 0.6) is 0 Å². The molecule has 2 aromatic heterocycles. The van der Waals surface area contributed by atoms with E-state index >= 15 is 0 Å². The minimum atomic E-state index is -0.348. The normalized spacial score (nSPS) is 15.1. The van der Waals surface area contributed by atoms with Gasteiger partial charge in [0.05, 0.1) is 29.1 Å². The van der Waals surface area contributed by atoms with Gasteiger partial charge >= 0.3 is 6.09 Å². The summed E-state index contributed by atoms with van der Waals surface area (Å²) in [6.45, 7) is 3.01. The zero-order valence-corrected chi connectivity index (χ0v) is 22.7. The van der Waals surface area contributed by atoms with Crippen LogP contribution >= 0.6 is 22.7 Å². The number of para-hydroxylation sites is 1. The van der Waals surface area contributed by atoms with Crippen LogP contribution in [0.3, 0.4) is 0 Å². The highest BCUT2D eigenvalue weighted by Gasteiger charge is 2.31. The number of hydrogen-bond donors (Lipinski definition) is 1. The molecular weight excluding hydrogens is 536 g/mol. The Labute approximate surface area is 232 Å². The van der Waals surface area contributed by atoms with Gasteiger partial charge in [-0.2, -0.15) is 0 Å². The molecule has 2 aliphatic heterocycles. The largest absolute Gasteiger partial charge is 0.450 e. The maximum atomic E-state index is 13.3. The maximum absolute atomic E-state index is 13.3. The van der Waals surface area contributed by atoms with Gasteiger partial charge in [0.25, 0.3) is 5.91 Å². The van der Waals surface area contributed by atoms with Crippen LogP contribution in [-0.2, 0) is 27.3 Å². The Bertz CT molecular complexity index is 1580. The Balaban J connectivity index is 1.32. The molecule has 2 aromatic carbocycles. The highest BCUT2D eigenvalue weighted by Crippen LogP contribution is 2.46. The molecule has 0 saturated carbocycles. The number of imide groups is 1. The van der Waals surface area contributed by atoms with Crippen molar-refractivity contribution in [3.8, 4) is 10.6 Å². The van der Waals surface area contributed by atoms with E-state index < -0.39 is 0 Å². The van der Waals surface area contributed by atoms with Crippen LogP contribution in [0.25, 0.3) is 20.8 Å². The lowest BCUT2D eigenvalue weighted by Gasteiger charge is -2.26. The maximum Gasteiger partial charge on any atom is 0.410 e. The van der Waals surface area contributed by atoms with Crippen molar-refractivity contribution in [2.75, 3.05) is 23.4 Å². The molecule has 1 N–H and O–H groups in total. The second kappa shape index (κ2) is 10.2. The molecule has 0 spiro atoms. The molecular formula is C28H24N4O5S2. The summed E-state index contributed by atoms with van der Waals surface area (Å²) in [4.78, 5) is 58.6. The molecule has 1 fully saturated rings. The molecule has 0 bridgehead atoms. The summed E-state index contributed by atoms with van der Waals surface area (Å²) in [7, 11) is 0. The number of fused-ring (bicyclic) bond motifs is 2. The van der Waals surface area contributed by atoms with Crippen molar-refractivity contribution in [2.45, 2.75) is 32.7 Å². The fourth-order valence-corrected chi connectivity index (χ4v) is 7.24. The van der Waals surface area contributed by atoms with Crippen LogP contribution in [0.15, 0.2) is 48.5 Å². The number of hydrogen-bond acceptors (Lipinski definition) is 8. The number of benzene rings is 2. The number of thiophene rings is 1. The fourth-order valence-electron chi connectivity index (χ4n) is 4.87. The highest BCUT2D eigenvalue weighted by atomic mass is 32.1. The Hall–Kier alpha value is -4.09. The first-order chi connectivity index (χ1) is 18.9. The van der Waals surface area contributed by atoms with Gasteiger partial charge < -0.3 is 15.0 Å². The smallest absolute Gasteiger partial charge is 0.410 e. The van der Waals surface area contributed by atoms with E-state index in [1.165, 1.54) is 11.3 Å². The molecule has 0 radical (unpaired) electrons. The van der Waals surface area contributed by atoms with Gasteiger partial charge in [-0.3, -0.25) is 19.3 Å². The molecule has 0 atom stereocenters. The predicted octanol–water partition coefficient (Wildman–Crippen LogP) is 5.45. The number of amides is 4. The molecule has 1 saturated heterocycles. The number of nitrogens with zero attached hydrogens (tertiary/aromatic N) is 3. The summed E-state index contributed by atoms with van der Waals surface area (Å²) in [5, 5.41) is 4.55. The van der Waals surface area contributed by atoms with Crippen molar-refractivity contribution in [1.29, 1.82) is 0 Å². The Kier molecular flexibility index (Phi) is 6.61. The lowest BCUT2D eigenvalue weighted by atomic mass is 10.0. The molecule has 6 rings (SSSR count). The number of ether oxygens (including phenoxy) is 1. The minimum Gasteiger partial charge on any atom is -0.450 e. The number of thiazole rings is 1. The Morgan fingerprint density at radius 1 is 1.00 bits per heavy atom. The Morgan fingerprint density at radius 2 is 1.74 bits per heavy atom. The third-order valence-electron chi connectivity index (χ3n) is 6.76. The van der Waals surface area contributed by atoms with Gasteiger partial charge in [-0.05, 0) is 55.3 Å².